The summed E-state index contributed by atoms with van der Waals surface area (Å²) in [4.78, 5) is 16.4. The number of anilines is 1. The largest absolute Gasteiger partial charge is 0.496 e. The van der Waals surface area contributed by atoms with E-state index in [1.807, 2.05) is 35.2 Å². The first-order valence-electron chi connectivity index (χ1n) is 8.77. The fraction of sp³-hybridized carbons (Fsp3) is 0.350. The van der Waals surface area contributed by atoms with Gasteiger partial charge in [-0.2, -0.15) is 0 Å². The van der Waals surface area contributed by atoms with E-state index in [9.17, 15) is 9.18 Å². The van der Waals surface area contributed by atoms with Crippen LogP contribution in [0.2, 0.25) is 0 Å². The molecule has 3 rings (SSSR count). The van der Waals surface area contributed by atoms with Gasteiger partial charge in [0.2, 0.25) is 5.91 Å². The zero-order chi connectivity index (χ0) is 18.4. The summed E-state index contributed by atoms with van der Waals surface area (Å²) in [5, 5.41) is 3.15. The number of para-hydroxylation sites is 1. The van der Waals surface area contributed by atoms with Crippen LogP contribution in [-0.4, -0.2) is 55.5 Å². The molecule has 0 aliphatic carbocycles. The Balaban J connectivity index is 1.48. The Labute approximate surface area is 153 Å². The molecule has 1 heterocycles. The van der Waals surface area contributed by atoms with Crippen LogP contribution >= 0.6 is 0 Å². The number of ether oxygens (including phenoxy) is 1. The summed E-state index contributed by atoms with van der Waals surface area (Å²) in [7, 11) is 1.59. The van der Waals surface area contributed by atoms with Gasteiger partial charge in [-0.05, 0) is 30.3 Å². The van der Waals surface area contributed by atoms with Gasteiger partial charge in [0, 0.05) is 44.0 Å². The second-order valence-corrected chi connectivity index (χ2v) is 6.33. The maximum absolute atomic E-state index is 13.5. The number of amides is 1. The van der Waals surface area contributed by atoms with Crippen molar-refractivity contribution >= 4 is 11.6 Å². The van der Waals surface area contributed by atoms with Gasteiger partial charge in [0.1, 0.15) is 11.6 Å². The summed E-state index contributed by atoms with van der Waals surface area (Å²) in [5.74, 6) is 0.524. The van der Waals surface area contributed by atoms with Gasteiger partial charge in [0.05, 0.1) is 13.7 Å². The Morgan fingerprint density at radius 1 is 1.12 bits per heavy atom. The molecule has 6 heteroatoms. The first kappa shape index (κ1) is 18.2. The summed E-state index contributed by atoms with van der Waals surface area (Å²) in [6.07, 6.45) is 0. The zero-order valence-corrected chi connectivity index (χ0v) is 15.0. The highest BCUT2D eigenvalue weighted by Crippen LogP contribution is 2.21. The van der Waals surface area contributed by atoms with Gasteiger partial charge in [-0.25, -0.2) is 4.39 Å². The van der Waals surface area contributed by atoms with Gasteiger partial charge in [-0.3, -0.25) is 9.69 Å². The van der Waals surface area contributed by atoms with E-state index in [1.165, 1.54) is 12.1 Å². The quantitative estimate of drug-likeness (QED) is 0.863. The minimum atomic E-state index is -0.262. The van der Waals surface area contributed by atoms with Gasteiger partial charge < -0.3 is 15.0 Å². The molecular weight excluding hydrogens is 333 g/mol. The summed E-state index contributed by atoms with van der Waals surface area (Å²) in [6, 6.07) is 14.3. The summed E-state index contributed by atoms with van der Waals surface area (Å²) in [5.41, 5.74) is 1.77. The third-order valence-corrected chi connectivity index (χ3v) is 4.58. The second kappa shape index (κ2) is 8.67. The second-order valence-electron chi connectivity index (χ2n) is 6.33. The lowest BCUT2D eigenvalue weighted by Crippen LogP contribution is -2.49. The summed E-state index contributed by atoms with van der Waals surface area (Å²) >= 11 is 0. The molecule has 1 fully saturated rings. The molecule has 1 N–H and O–H groups in total. The number of piperazine rings is 1. The number of carbonyl (C=O) groups is 1. The van der Waals surface area contributed by atoms with Crippen LogP contribution in [-0.2, 0) is 11.3 Å². The molecule has 1 saturated heterocycles. The molecule has 26 heavy (non-hydrogen) atoms. The molecule has 2 aromatic carbocycles. The van der Waals surface area contributed by atoms with Crippen LogP contribution in [0.5, 0.6) is 5.75 Å². The number of rotatable bonds is 6. The fourth-order valence-electron chi connectivity index (χ4n) is 3.11. The molecule has 1 aliphatic rings. The van der Waals surface area contributed by atoms with Gasteiger partial charge in [0.15, 0.2) is 0 Å². The van der Waals surface area contributed by atoms with E-state index < -0.39 is 0 Å². The highest BCUT2D eigenvalue weighted by atomic mass is 19.1. The van der Waals surface area contributed by atoms with Crippen molar-refractivity contribution in [3.63, 3.8) is 0 Å². The summed E-state index contributed by atoms with van der Waals surface area (Å²) < 4.78 is 18.8. The van der Waals surface area contributed by atoms with E-state index >= 15 is 0 Å². The SMILES string of the molecule is COc1ccc(F)cc1CN1CCN(C(=O)CNc2ccccc2)CC1. The van der Waals surface area contributed by atoms with Crippen LogP contribution in [0.25, 0.3) is 0 Å². The Hall–Kier alpha value is -2.60. The Morgan fingerprint density at radius 3 is 2.54 bits per heavy atom. The first-order valence-corrected chi connectivity index (χ1v) is 8.77. The number of nitrogens with zero attached hydrogens (tertiary/aromatic N) is 2. The zero-order valence-electron chi connectivity index (χ0n) is 15.0. The van der Waals surface area contributed by atoms with Crippen molar-refractivity contribution in [3.8, 4) is 5.75 Å². The molecule has 0 aromatic heterocycles. The lowest BCUT2D eigenvalue weighted by Gasteiger charge is -2.35. The van der Waals surface area contributed by atoms with Crippen molar-refractivity contribution in [1.82, 2.24) is 9.80 Å². The molecule has 138 valence electrons. The van der Waals surface area contributed by atoms with Crippen LogP contribution in [0.15, 0.2) is 48.5 Å². The fourth-order valence-corrected chi connectivity index (χ4v) is 3.11. The van der Waals surface area contributed by atoms with Crippen molar-refractivity contribution < 1.29 is 13.9 Å². The van der Waals surface area contributed by atoms with Crippen molar-refractivity contribution in [2.24, 2.45) is 0 Å². The van der Waals surface area contributed by atoms with Crippen LogP contribution < -0.4 is 10.1 Å². The van der Waals surface area contributed by atoms with Gasteiger partial charge in [-0.15, -0.1) is 0 Å². The first-order chi connectivity index (χ1) is 12.7. The van der Waals surface area contributed by atoms with E-state index in [-0.39, 0.29) is 11.7 Å². The van der Waals surface area contributed by atoms with Crippen LogP contribution in [0.4, 0.5) is 10.1 Å². The average Bonchev–Trinajstić information content (AvgIpc) is 2.68. The molecule has 0 atom stereocenters. The molecule has 2 aromatic rings. The molecular formula is C20H24FN3O2. The van der Waals surface area contributed by atoms with Crippen molar-refractivity contribution in [1.29, 1.82) is 0 Å². The van der Waals surface area contributed by atoms with E-state index in [2.05, 4.69) is 10.2 Å². The average molecular weight is 357 g/mol. The minimum absolute atomic E-state index is 0.0943. The smallest absolute Gasteiger partial charge is 0.241 e. The van der Waals surface area contributed by atoms with Crippen LogP contribution in [0.3, 0.4) is 0 Å². The van der Waals surface area contributed by atoms with Crippen LogP contribution in [0.1, 0.15) is 5.56 Å². The van der Waals surface area contributed by atoms with Crippen LogP contribution in [0, 0.1) is 5.82 Å². The molecule has 0 unspecified atom stereocenters. The Bertz CT molecular complexity index is 731. The number of nitrogens with one attached hydrogen (secondary N) is 1. The summed E-state index contributed by atoms with van der Waals surface area (Å²) in [6.45, 7) is 3.78. The maximum atomic E-state index is 13.5. The Morgan fingerprint density at radius 2 is 1.85 bits per heavy atom. The normalized spacial score (nSPS) is 14.9. The predicted molar refractivity (Wildman–Crippen MR) is 99.7 cm³/mol. The molecule has 0 bridgehead atoms. The number of benzene rings is 2. The third-order valence-electron chi connectivity index (χ3n) is 4.58. The minimum Gasteiger partial charge on any atom is -0.496 e. The molecule has 5 nitrogen and oxygen atoms in total. The van der Waals surface area contributed by atoms with Gasteiger partial charge >= 0.3 is 0 Å². The molecule has 1 amide bonds. The van der Waals surface area contributed by atoms with Crippen molar-refractivity contribution in [3.05, 3.63) is 59.9 Å². The molecule has 1 aliphatic heterocycles. The topological polar surface area (TPSA) is 44.8 Å². The number of methoxy groups -OCH3 is 1. The number of halogens is 1. The predicted octanol–water partition coefficient (Wildman–Crippen LogP) is 2.59. The van der Waals surface area contributed by atoms with E-state index in [0.717, 1.165) is 24.3 Å². The molecule has 0 saturated carbocycles. The van der Waals surface area contributed by atoms with Crippen molar-refractivity contribution in [2.75, 3.05) is 45.2 Å². The number of hydrogen-bond donors (Lipinski definition) is 1. The maximum Gasteiger partial charge on any atom is 0.241 e. The van der Waals surface area contributed by atoms with Crippen molar-refractivity contribution in [2.45, 2.75) is 6.54 Å². The van der Waals surface area contributed by atoms with Gasteiger partial charge in [0.25, 0.3) is 0 Å². The highest BCUT2D eigenvalue weighted by molar-refractivity contribution is 5.81. The van der Waals surface area contributed by atoms with Gasteiger partial charge in [-0.1, -0.05) is 18.2 Å². The standard InChI is InChI=1S/C20H24FN3O2/c1-26-19-8-7-17(21)13-16(19)15-23-9-11-24(12-10-23)20(25)14-22-18-5-3-2-4-6-18/h2-8,13,22H,9-12,14-15H2,1H3. The third kappa shape index (κ3) is 4.73. The number of hydrogen-bond acceptors (Lipinski definition) is 4. The molecule has 0 radical (unpaired) electrons. The molecule has 0 spiro atoms. The monoisotopic (exact) mass is 357 g/mol. The lowest BCUT2D eigenvalue weighted by molar-refractivity contribution is -0.131. The highest BCUT2D eigenvalue weighted by Gasteiger charge is 2.21. The van der Waals surface area contributed by atoms with E-state index in [1.54, 1.807) is 13.2 Å². The van der Waals surface area contributed by atoms with E-state index in [4.69, 9.17) is 4.74 Å². The Kier molecular flexibility index (Phi) is 6.07. The lowest BCUT2D eigenvalue weighted by atomic mass is 10.1. The number of carbonyl (C=O) groups excluding carboxylic acids is 1. The van der Waals surface area contributed by atoms with E-state index in [0.29, 0.717) is 31.9 Å².